The molecular weight excluding hydrogens is 302 g/mol. The Hall–Kier alpha value is -1.12. The topological polar surface area (TPSA) is 76.3 Å². The van der Waals surface area contributed by atoms with Crippen molar-refractivity contribution in [3.63, 3.8) is 0 Å². The molecule has 2 heterocycles. The predicted octanol–water partition coefficient (Wildman–Crippen LogP) is 2.22. The summed E-state index contributed by atoms with van der Waals surface area (Å²) >= 11 is 2.74. The van der Waals surface area contributed by atoms with Crippen LogP contribution in [0.4, 0.5) is 10.8 Å². The molecule has 0 saturated heterocycles. The van der Waals surface area contributed by atoms with Crippen molar-refractivity contribution in [3.8, 4) is 0 Å². The van der Waals surface area contributed by atoms with Gasteiger partial charge in [-0.05, 0) is 33.9 Å². The van der Waals surface area contributed by atoms with E-state index in [0.717, 1.165) is 17.1 Å². The van der Waals surface area contributed by atoms with Crippen molar-refractivity contribution in [1.82, 2.24) is 4.37 Å². The lowest BCUT2D eigenvalue weighted by atomic mass is 10.3. The molecule has 2 aromatic heterocycles. The van der Waals surface area contributed by atoms with E-state index in [2.05, 4.69) is 4.37 Å². The minimum Gasteiger partial charge on any atom is -0.382 e. The normalized spacial score (nSPS) is 11.7. The van der Waals surface area contributed by atoms with Crippen LogP contribution in [0.25, 0.3) is 0 Å². The summed E-state index contributed by atoms with van der Waals surface area (Å²) in [5.41, 5.74) is 6.85. The molecule has 5 nitrogen and oxygen atoms in total. The first-order valence-corrected chi connectivity index (χ1v) is 9.02. The molecule has 0 saturated carbocycles. The van der Waals surface area contributed by atoms with Crippen LogP contribution in [0.2, 0.25) is 0 Å². The summed E-state index contributed by atoms with van der Waals surface area (Å²) in [4.78, 5) is 2.04. The monoisotopic (exact) mass is 317 g/mol. The first-order chi connectivity index (χ1) is 8.95. The zero-order chi connectivity index (χ0) is 14.0. The van der Waals surface area contributed by atoms with Crippen LogP contribution in [0.5, 0.6) is 0 Å². The van der Waals surface area contributed by atoms with Crippen molar-refractivity contribution in [2.75, 3.05) is 23.4 Å². The minimum absolute atomic E-state index is 0.0227. The quantitative estimate of drug-likeness (QED) is 0.915. The minimum atomic E-state index is -3.36. The molecule has 0 radical (unpaired) electrons. The molecule has 0 fully saturated rings. The largest absolute Gasteiger partial charge is 0.382 e. The maximum absolute atomic E-state index is 12.1. The third kappa shape index (κ3) is 2.90. The van der Waals surface area contributed by atoms with Crippen LogP contribution in [0.1, 0.15) is 12.5 Å². The third-order valence-electron chi connectivity index (χ3n) is 2.69. The van der Waals surface area contributed by atoms with Gasteiger partial charge in [0, 0.05) is 13.6 Å². The van der Waals surface area contributed by atoms with Crippen LogP contribution in [-0.2, 0) is 16.4 Å². The lowest BCUT2D eigenvalue weighted by Crippen LogP contribution is -2.18. The second-order valence-corrected chi connectivity index (χ2v) is 7.84. The molecule has 0 spiro atoms. The van der Waals surface area contributed by atoms with Gasteiger partial charge in [0.15, 0.2) is 15.7 Å². The Kier molecular flexibility index (Phi) is 4.12. The van der Waals surface area contributed by atoms with Gasteiger partial charge in [-0.15, -0.1) is 0 Å². The smallest absolute Gasteiger partial charge is 0.184 e. The summed E-state index contributed by atoms with van der Waals surface area (Å²) in [6.07, 6.45) is 0. The van der Waals surface area contributed by atoms with Gasteiger partial charge in [0.2, 0.25) is 0 Å². The molecule has 0 aromatic carbocycles. The maximum atomic E-state index is 12.1. The van der Waals surface area contributed by atoms with Gasteiger partial charge in [0.25, 0.3) is 0 Å². The number of hydrogen-bond acceptors (Lipinski definition) is 7. The van der Waals surface area contributed by atoms with E-state index < -0.39 is 9.84 Å². The number of rotatable bonds is 5. The number of anilines is 2. The molecule has 0 atom stereocenters. The number of sulfone groups is 1. The Morgan fingerprint density at radius 2 is 2.21 bits per heavy atom. The van der Waals surface area contributed by atoms with Crippen molar-refractivity contribution in [2.45, 2.75) is 18.4 Å². The average molecular weight is 317 g/mol. The zero-order valence-corrected chi connectivity index (χ0v) is 13.1. The molecule has 0 amide bonds. The first-order valence-electron chi connectivity index (χ1n) is 5.65. The van der Waals surface area contributed by atoms with Crippen LogP contribution in [-0.4, -0.2) is 25.6 Å². The van der Waals surface area contributed by atoms with Crippen LogP contribution in [0.3, 0.4) is 0 Å². The Balaban J connectivity index is 2.35. The van der Waals surface area contributed by atoms with E-state index in [-0.39, 0.29) is 16.5 Å². The van der Waals surface area contributed by atoms with Crippen LogP contribution >= 0.6 is 22.9 Å². The molecule has 0 aliphatic heterocycles. The molecule has 0 bridgehead atoms. The van der Waals surface area contributed by atoms with E-state index in [4.69, 9.17) is 5.73 Å². The predicted molar refractivity (Wildman–Crippen MR) is 80.7 cm³/mol. The van der Waals surface area contributed by atoms with Gasteiger partial charge in [-0.1, -0.05) is 6.92 Å². The lowest BCUT2D eigenvalue weighted by molar-refractivity contribution is 0.597. The summed E-state index contributed by atoms with van der Waals surface area (Å²) in [6.45, 7) is 2.24. The molecule has 2 N–H and O–H groups in total. The molecule has 104 valence electrons. The fourth-order valence-corrected chi connectivity index (χ4v) is 4.65. The molecule has 0 aliphatic rings. The molecule has 19 heavy (non-hydrogen) atoms. The Bertz CT molecular complexity index is 647. The summed E-state index contributed by atoms with van der Waals surface area (Å²) in [5.74, 6) is 0.119. The van der Waals surface area contributed by atoms with Crippen LogP contribution in [0.15, 0.2) is 21.7 Å². The van der Waals surface area contributed by atoms with Gasteiger partial charge < -0.3 is 10.6 Å². The Morgan fingerprint density at radius 1 is 1.47 bits per heavy atom. The highest BCUT2D eigenvalue weighted by Gasteiger charge is 2.26. The number of nitrogens with two attached hydrogens (primary N) is 1. The number of nitrogens with zero attached hydrogens (tertiary/aromatic N) is 2. The molecule has 2 rings (SSSR count). The van der Waals surface area contributed by atoms with Crippen LogP contribution in [0, 0.1) is 0 Å². The standard InChI is InChI=1S/C11H15N3O2S3/c1-3-19(15,16)9-10(12)13-18-11(9)14(2)6-8-4-5-17-7-8/h4-5,7H,3,6H2,1-2H3,(H2,12,13). The maximum Gasteiger partial charge on any atom is 0.184 e. The van der Waals surface area contributed by atoms with E-state index in [0.29, 0.717) is 11.5 Å². The van der Waals surface area contributed by atoms with Crippen molar-refractivity contribution < 1.29 is 8.42 Å². The van der Waals surface area contributed by atoms with Gasteiger partial charge in [-0.2, -0.15) is 15.7 Å². The second kappa shape index (κ2) is 5.48. The fourth-order valence-electron chi connectivity index (χ4n) is 1.69. The summed E-state index contributed by atoms with van der Waals surface area (Å²) < 4.78 is 28.1. The summed E-state index contributed by atoms with van der Waals surface area (Å²) in [5, 5.41) is 4.63. The van der Waals surface area contributed by atoms with Gasteiger partial charge >= 0.3 is 0 Å². The zero-order valence-electron chi connectivity index (χ0n) is 10.7. The van der Waals surface area contributed by atoms with E-state index in [1.807, 2.05) is 28.8 Å². The van der Waals surface area contributed by atoms with Crippen molar-refractivity contribution in [3.05, 3.63) is 22.4 Å². The Labute approximate surface area is 120 Å². The van der Waals surface area contributed by atoms with E-state index in [1.165, 1.54) is 0 Å². The summed E-state index contributed by atoms with van der Waals surface area (Å²) in [7, 11) is -1.51. The van der Waals surface area contributed by atoms with E-state index in [9.17, 15) is 8.42 Å². The number of thiophene rings is 1. The Morgan fingerprint density at radius 3 is 2.79 bits per heavy atom. The highest BCUT2D eigenvalue weighted by atomic mass is 32.2. The van der Waals surface area contributed by atoms with Gasteiger partial charge in [-0.25, -0.2) is 8.42 Å². The summed E-state index contributed by atoms with van der Waals surface area (Å²) in [6, 6.07) is 2.01. The molecule has 0 unspecified atom stereocenters. The van der Waals surface area contributed by atoms with Gasteiger partial charge in [-0.3, -0.25) is 0 Å². The highest BCUT2D eigenvalue weighted by molar-refractivity contribution is 7.91. The van der Waals surface area contributed by atoms with Gasteiger partial charge in [0.1, 0.15) is 9.90 Å². The lowest BCUT2D eigenvalue weighted by Gasteiger charge is -2.17. The van der Waals surface area contributed by atoms with Crippen molar-refractivity contribution in [1.29, 1.82) is 0 Å². The number of hydrogen-bond donors (Lipinski definition) is 1. The molecule has 2 aromatic rings. The first kappa shape index (κ1) is 14.3. The van der Waals surface area contributed by atoms with Crippen LogP contribution < -0.4 is 10.6 Å². The third-order valence-corrected chi connectivity index (χ3v) is 6.32. The molecule has 0 aliphatic carbocycles. The average Bonchev–Trinajstić information content (AvgIpc) is 2.98. The SMILES string of the molecule is CCS(=O)(=O)c1c(N)nsc1N(C)Cc1ccsc1. The fraction of sp³-hybridized carbons (Fsp3) is 0.364. The highest BCUT2D eigenvalue weighted by Crippen LogP contribution is 2.35. The molecular formula is C11H15N3O2S3. The van der Waals surface area contributed by atoms with Crippen molar-refractivity contribution in [2.24, 2.45) is 0 Å². The van der Waals surface area contributed by atoms with E-state index in [1.54, 1.807) is 18.3 Å². The number of aromatic nitrogens is 1. The second-order valence-electron chi connectivity index (χ2n) is 4.09. The van der Waals surface area contributed by atoms with Crippen molar-refractivity contribution >= 4 is 43.5 Å². The van der Waals surface area contributed by atoms with E-state index >= 15 is 0 Å². The number of nitrogen functional groups attached to an aromatic ring is 1. The molecule has 8 heteroatoms. The van der Waals surface area contributed by atoms with Gasteiger partial charge in [0.05, 0.1) is 5.75 Å².